The molecule has 2 unspecified atom stereocenters. The number of rotatable bonds is 3. The molecule has 1 aliphatic heterocycles. The van der Waals surface area contributed by atoms with Gasteiger partial charge in [0.2, 0.25) is 0 Å². The lowest BCUT2D eigenvalue weighted by molar-refractivity contribution is -0.0160. The van der Waals surface area contributed by atoms with E-state index in [2.05, 4.69) is 32.2 Å². The highest BCUT2D eigenvalue weighted by molar-refractivity contribution is 6.31. The number of ether oxygens (including phenoxy) is 1. The van der Waals surface area contributed by atoms with E-state index in [1.807, 2.05) is 12.1 Å². The van der Waals surface area contributed by atoms with E-state index < -0.39 is 0 Å². The van der Waals surface area contributed by atoms with Crippen molar-refractivity contribution in [3.63, 3.8) is 0 Å². The van der Waals surface area contributed by atoms with Gasteiger partial charge in [-0.15, -0.1) is 0 Å². The van der Waals surface area contributed by atoms with Gasteiger partial charge in [0.1, 0.15) is 0 Å². The van der Waals surface area contributed by atoms with E-state index in [9.17, 15) is 0 Å². The van der Waals surface area contributed by atoms with Crippen LogP contribution in [0.1, 0.15) is 32.3 Å². The first kappa shape index (κ1) is 13.7. The summed E-state index contributed by atoms with van der Waals surface area (Å²) in [5, 5.41) is 4.44. The highest BCUT2D eigenvalue weighted by Crippen LogP contribution is 2.27. The molecule has 2 atom stereocenters. The summed E-state index contributed by atoms with van der Waals surface area (Å²) in [6.07, 6.45) is 2.51. The van der Waals surface area contributed by atoms with E-state index in [-0.39, 0.29) is 0 Å². The lowest BCUT2D eigenvalue weighted by Crippen LogP contribution is -2.36. The number of halogens is 1. The summed E-state index contributed by atoms with van der Waals surface area (Å²) in [4.78, 5) is 0. The van der Waals surface area contributed by atoms with Crippen molar-refractivity contribution >= 4 is 17.3 Å². The Bertz CT molecular complexity index is 405. The van der Waals surface area contributed by atoms with Crippen molar-refractivity contribution in [3.05, 3.63) is 28.8 Å². The van der Waals surface area contributed by atoms with Crippen LogP contribution in [0.25, 0.3) is 0 Å². The molecule has 1 aliphatic rings. The third kappa shape index (κ3) is 3.18. The normalized spacial score (nSPS) is 24.3. The molecular weight excluding hydrogens is 246 g/mol. The van der Waals surface area contributed by atoms with Gasteiger partial charge in [-0.2, -0.15) is 0 Å². The van der Waals surface area contributed by atoms with E-state index in [4.69, 9.17) is 16.3 Å². The Morgan fingerprint density at radius 2 is 2.17 bits per heavy atom. The van der Waals surface area contributed by atoms with E-state index in [0.29, 0.717) is 18.1 Å². The lowest BCUT2D eigenvalue weighted by atomic mass is 9.95. The number of hydrogen-bond donors (Lipinski definition) is 1. The summed E-state index contributed by atoms with van der Waals surface area (Å²) in [5.74, 6) is 0.579. The minimum absolute atomic E-state index is 0.371. The molecule has 100 valence electrons. The molecule has 2 rings (SSSR count). The second-order valence-corrected chi connectivity index (χ2v) is 5.84. The molecule has 0 aliphatic carbocycles. The Balaban J connectivity index is 2.03. The average molecular weight is 268 g/mol. The predicted octanol–water partition coefficient (Wildman–Crippen LogP) is 4.26. The molecule has 2 nitrogen and oxygen atoms in total. The molecule has 1 saturated heterocycles. The zero-order valence-corrected chi connectivity index (χ0v) is 12.1. The molecule has 0 saturated carbocycles. The van der Waals surface area contributed by atoms with Crippen LogP contribution in [0.4, 0.5) is 5.69 Å². The van der Waals surface area contributed by atoms with Crippen molar-refractivity contribution in [2.45, 2.75) is 45.8 Å². The molecule has 1 fully saturated rings. The molecule has 0 radical (unpaired) electrons. The maximum absolute atomic E-state index is 6.15. The minimum Gasteiger partial charge on any atom is -0.382 e. The maximum atomic E-state index is 6.15. The van der Waals surface area contributed by atoms with E-state index in [0.717, 1.165) is 35.7 Å². The monoisotopic (exact) mass is 267 g/mol. The van der Waals surface area contributed by atoms with E-state index in [1.54, 1.807) is 0 Å². The van der Waals surface area contributed by atoms with Gasteiger partial charge >= 0.3 is 0 Å². The maximum Gasteiger partial charge on any atom is 0.0617 e. The van der Waals surface area contributed by atoms with Crippen molar-refractivity contribution < 1.29 is 4.74 Å². The van der Waals surface area contributed by atoms with Crippen LogP contribution in [-0.4, -0.2) is 18.8 Å². The van der Waals surface area contributed by atoms with Crippen LogP contribution in [-0.2, 0) is 4.74 Å². The molecule has 18 heavy (non-hydrogen) atoms. The average Bonchev–Trinajstić information content (AvgIpc) is 2.35. The van der Waals surface area contributed by atoms with Gasteiger partial charge in [-0.3, -0.25) is 0 Å². The van der Waals surface area contributed by atoms with Gasteiger partial charge in [0.05, 0.1) is 6.10 Å². The molecule has 1 N–H and O–H groups in total. The van der Waals surface area contributed by atoms with Crippen molar-refractivity contribution in [3.8, 4) is 0 Å². The highest BCUT2D eigenvalue weighted by Gasteiger charge is 2.25. The Labute approximate surface area is 115 Å². The fourth-order valence-electron chi connectivity index (χ4n) is 2.41. The zero-order chi connectivity index (χ0) is 13.1. The van der Waals surface area contributed by atoms with Crippen molar-refractivity contribution in [2.24, 2.45) is 5.92 Å². The molecule has 3 heteroatoms. The first-order valence-electron chi connectivity index (χ1n) is 6.71. The van der Waals surface area contributed by atoms with Crippen molar-refractivity contribution in [1.82, 2.24) is 0 Å². The smallest absolute Gasteiger partial charge is 0.0617 e. The fourth-order valence-corrected chi connectivity index (χ4v) is 2.58. The van der Waals surface area contributed by atoms with Crippen LogP contribution in [0.15, 0.2) is 18.2 Å². The van der Waals surface area contributed by atoms with Gasteiger partial charge in [0.25, 0.3) is 0 Å². The summed E-state index contributed by atoms with van der Waals surface area (Å²) < 4.78 is 5.80. The molecule has 0 spiro atoms. The van der Waals surface area contributed by atoms with Crippen LogP contribution in [0.3, 0.4) is 0 Å². The zero-order valence-electron chi connectivity index (χ0n) is 11.4. The predicted molar refractivity (Wildman–Crippen MR) is 77.4 cm³/mol. The van der Waals surface area contributed by atoms with Crippen LogP contribution in [0, 0.1) is 12.8 Å². The van der Waals surface area contributed by atoms with Crippen molar-refractivity contribution in [1.29, 1.82) is 0 Å². The summed E-state index contributed by atoms with van der Waals surface area (Å²) >= 11 is 6.15. The quantitative estimate of drug-likeness (QED) is 0.883. The third-order valence-electron chi connectivity index (χ3n) is 3.69. The second kappa shape index (κ2) is 5.94. The number of hydrogen-bond acceptors (Lipinski definition) is 2. The summed E-state index contributed by atoms with van der Waals surface area (Å²) in [5.41, 5.74) is 2.28. The Kier molecular flexibility index (Phi) is 4.52. The van der Waals surface area contributed by atoms with Gasteiger partial charge in [-0.25, -0.2) is 0 Å². The van der Waals surface area contributed by atoms with Gasteiger partial charge in [0, 0.05) is 23.4 Å². The van der Waals surface area contributed by atoms with Crippen LogP contribution in [0.2, 0.25) is 5.02 Å². The molecule has 1 heterocycles. The molecule has 0 bridgehead atoms. The minimum atomic E-state index is 0.371. The largest absolute Gasteiger partial charge is 0.382 e. The van der Waals surface area contributed by atoms with E-state index >= 15 is 0 Å². The summed E-state index contributed by atoms with van der Waals surface area (Å²) in [6.45, 7) is 7.35. The van der Waals surface area contributed by atoms with Crippen LogP contribution in [0.5, 0.6) is 0 Å². The third-order valence-corrected chi connectivity index (χ3v) is 4.10. The van der Waals surface area contributed by atoms with Gasteiger partial charge in [-0.05, 0) is 43.4 Å². The molecule has 1 aromatic carbocycles. The molecule has 1 aromatic rings. The van der Waals surface area contributed by atoms with Gasteiger partial charge in [0.15, 0.2) is 0 Å². The summed E-state index contributed by atoms with van der Waals surface area (Å²) in [6, 6.07) is 6.52. The number of nitrogens with one attached hydrogen (secondary N) is 1. The molecular formula is C15H22ClNO. The van der Waals surface area contributed by atoms with E-state index in [1.165, 1.54) is 0 Å². The standard InChI is InChI=1S/C15H22ClNO/c1-10(2)15-9-12(7-8-18-15)17-14-6-4-5-13(16)11(14)3/h4-6,10,12,15,17H,7-9H2,1-3H3. The first-order valence-corrected chi connectivity index (χ1v) is 7.09. The number of benzene rings is 1. The topological polar surface area (TPSA) is 21.3 Å². The number of anilines is 1. The SMILES string of the molecule is Cc1c(Cl)cccc1NC1CCOC(C(C)C)C1. The first-order chi connectivity index (χ1) is 8.58. The Morgan fingerprint density at radius 1 is 1.39 bits per heavy atom. The van der Waals surface area contributed by atoms with Crippen LogP contribution < -0.4 is 5.32 Å². The Hall–Kier alpha value is -0.730. The van der Waals surface area contributed by atoms with Crippen molar-refractivity contribution in [2.75, 3.05) is 11.9 Å². The van der Waals surface area contributed by atoms with Crippen LogP contribution >= 0.6 is 11.6 Å². The molecule has 0 aromatic heterocycles. The highest BCUT2D eigenvalue weighted by atomic mass is 35.5. The lowest BCUT2D eigenvalue weighted by Gasteiger charge is -2.33. The Morgan fingerprint density at radius 3 is 2.89 bits per heavy atom. The molecule has 0 amide bonds. The fraction of sp³-hybridized carbons (Fsp3) is 0.600. The van der Waals surface area contributed by atoms with Gasteiger partial charge in [-0.1, -0.05) is 31.5 Å². The summed E-state index contributed by atoms with van der Waals surface area (Å²) in [7, 11) is 0. The van der Waals surface area contributed by atoms with Gasteiger partial charge < -0.3 is 10.1 Å². The second-order valence-electron chi connectivity index (χ2n) is 5.43.